The van der Waals surface area contributed by atoms with Crippen LogP contribution in [0.25, 0.3) is 0 Å². The van der Waals surface area contributed by atoms with E-state index in [9.17, 15) is 0 Å². The van der Waals surface area contributed by atoms with E-state index in [2.05, 4.69) is 17.0 Å². The minimum absolute atomic E-state index is 0.294. The van der Waals surface area contributed by atoms with Crippen LogP contribution in [0, 0.1) is 5.92 Å². The molecule has 1 heterocycles. The van der Waals surface area contributed by atoms with Crippen LogP contribution in [0.5, 0.6) is 0 Å². The fourth-order valence-electron chi connectivity index (χ4n) is 1.93. The summed E-state index contributed by atoms with van der Waals surface area (Å²) < 4.78 is 5.41. The maximum Gasteiger partial charge on any atom is 0.140 e. The number of rotatable bonds is 4. The molecule has 0 saturated carbocycles. The smallest absolute Gasteiger partial charge is 0.140 e. The molecule has 2 unspecified atom stereocenters. The normalized spacial score (nSPS) is 29.3. The lowest BCUT2D eigenvalue weighted by molar-refractivity contribution is -0.00404. The van der Waals surface area contributed by atoms with E-state index in [0.29, 0.717) is 24.3 Å². The predicted molar refractivity (Wildman–Crippen MR) is 59.0 cm³/mol. The van der Waals surface area contributed by atoms with Gasteiger partial charge in [0.15, 0.2) is 0 Å². The Morgan fingerprint density at radius 2 is 2.40 bits per heavy atom. The number of ether oxygens (including phenoxy) is 1. The fourth-order valence-corrected chi connectivity index (χ4v) is 1.93. The average Bonchev–Trinajstić information content (AvgIpc) is 2.27. The van der Waals surface area contributed by atoms with E-state index < -0.39 is 0 Å². The van der Waals surface area contributed by atoms with E-state index in [1.54, 1.807) is 7.11 Å². The van der Waals surface area contributed by atoms with E-state index >= 15 is 0 Å². The summed E-state index contributed by atoms with van der Waals surface area (Å²) >= 11 is 0. The van der Waals surface area contributed by atoms with E-state index in [-0.39, 0.29) is 0 Å². The molecule has 0 aromatic carbocycles. The van der Waals surface area contributed by atoms with Crippen molar-refractivity contribution in [1.82, 2.24) is 4.90 Å². The number of methoxy groups -OCH3 is 1. The molecule has 5 heteroatoms. The second-order valence-electron chi connectivity index (χ2n) is 4.18. The van der Waals surface area contributed by atoms with Gasteiger partial charge in [0, 0.05) is 26.6 Å². The number of likely N-dealkylation sites (tertiary alicyclic amines) is 1. The Morgan fingerprint density at radius 1 is 1.67 bits per heavy atom. The van der Waals surface area contributed by atoms with Crippen LogP contribution in [0.1, 0.15) is 19.8 Å². The molecule has 0 aromatic rings. The Labute approximate surface area is 90.9 Å². The lowest BCUT2D eigenvalue weighted by atomic mass is 9.96. The Balaban J connectivity index is 2.32. The lowest BCUT2D eigenvalue weighted by Crippen LogP contribution is -2.44. The molecule has 3 N–H and O–H groups in total. The second-order valence-corrected chi connectivity index (χ2v) is 4.18. The highest BCUT2D eigenvalue weighted by Crippen LogP contribution is 2.19. The van der Waals surface area contributed by atoms with Crippen molar-refractivity contribution in [1.29, 1.82) is 0 Å². The summed E-state index contributed by atoms with van der Waals surface area (Å²) in [4.78, 5) is 2.30. The van der Waals surface area contributed by atoms with Gasteiger partial charge in [0.1, 0.15) is 5.84 Å². The van der Waals surface area contributed by atoms with Crippen molar-refractivity contribution in [2.24, 2.45) is 16.8 Å². The van der Waals surface area contributed by atoms with Crippen molar-refractivity contribution >= 4 is 5.84 Å². The number of amidine groups is 1. The van der Waals surface area contributed by atoms with Gasteiger partial charge in [0.05, 0.1) is 6.10 Å². The molecule has 15 heavy (non-hydrogen) atoms. The molecule has 0 aromatic heterocycles. The van der Waals surface area contributed by atoms with Crippen molar-refractivity contribution in [2.45, 2.75) is 25.9 Å². The Morgan fingerprint density at radius 3 is 3.00 bits per heavy atom. The van der Waals surface area contributed by atoms with Crippen LogP contribution < -0.4 is 5.73 Å². The van der Waals surface area contributed by atoms with Gasteiger partial charge in [0.25, 0.3) is 0 Å². The van der Waals surface area contributed by atoms with Crippen LogP contribution >= 0.6 is 0 Å². The van der Waals surface area contributed by atoms with Crippen LogP contribution in [0.3, 0.4) is 0 Å². The molecule has 0 amide bonds. The maximum atomic E-state index is 8.42. The van der Waals surface area contributed by atoms with Crippen molar-refractivity contribution in [2.75, 3.05) is 26.7 Å². The molecule has 1 aliphatic heterocycles. The first-order chi connectivity index (χ1) is 7.17. The first kappa shape index (κ1) is 12.3. The van der Waals surface area contributed by atoms with Gasteiger partial charge in [-0.25, -0.2) is 0 Å². The quantitative estimate of drug-likeness (QED) is 0.310. The van der Waals surface area contributed by atoms with Gasteiger partial charge in [-0.05, 0) is 18.9 Å². The molecule has 1 saturated heterocycles. The largest absolute Gasteiger partial charge is 0.409 e. The Bertz CT molecular complexity index is 221. The third-order valence-electron chi connectivity index (χ3n) is 3.09. The maximum absolute atomic E-state index is 8.42. The topological polar surface area (TPSA) is 71.1 Å². The minimum Gasteiger partial charge on any atom is -0.409 e. The summed E-state index contributed by atoms with van der Waals surface area (Å²) in [6.45, 7) is 5.06. The number of nitrogens with zero attached hydrogens (tertiary/aromatic N) is 2. The molecule has 88 valence electrons. The molecular weight excluding hydrogens is 194 g/mol. The zero-order valence-corrected chi connectivity index (χ0v) is 9.52. The number of oxime groups is 1. The van der Waals surface area contributed by atoms with Crippen molar-refractivity contribution in [3.8, 4) is 0 Å². The SMILES string of the molecule is COC1CN(CCC(N)=NO)CCC1C. The summed E-state index contributed by atoms with van der Waals surface area (Å²) in [5.74, 6) is 0.915. The summed E-state index contributed by atoms with van der Waals surface area (Å²) in [5.41, 5.74) is 5.43. The third-order valence-corrected chi connectivity index (χ3v) is 3.09. The van der Waals surface area contributed by atoms with Gasteiger partial charge < -0.3 is 20.6 Å². The van der Waals surface area contributed by atoms with Crippen molar-refractivity contribution in [3.05, 3.63) is 0 Å². The summed E-state index contributed by atoms with van der Waals surface area (Å²) in [7, 11) is 1.76. The zero-order chi connectivity index (χ0) is 11.3. The molecular formula is C10H21N3O2. The van der Waals surface area contributed by atoms with Crippen LogP contribution in [-0.4, -0.2) is 48.8 Å². The monoisotopic (exact) mass is 215 g/mol. The van der Waals surface area contributed by atoms with E-state index in [1.807, 2.05) is 0 Å². The first-order valence-corrected chi connectivity index (χ1v) is 5.39. The molecule has 0 spiro atoms. The zero-order valence-electron chi connectivity index (χ0n) is 9.52. The standard InChI is InChI=1S/C10H21N3O2/c1-8-3-5-13(7-9(8)15-2)6-4-10(11)12-14/h8-9,14H,3-7H2,1-2H3,(H2,11,12). The molecule has 1 aliphatic rings. The molecule has 0 aliphatic carbocycles. The number of nitrogens with two attached hydrogens (primary N) is 1. The first-order valence-electron chi connectivity index (χ1n) is 5.39. The molecule has 1 rings (SSSR count). The lowest BCUT2D eigenvalue weighted by Gasteiger charge is -2.36. The van der Waals surface area contributed by atoms with Crippen LogP contribution in [0.2, 0.25) is 0 Å². The van der Waals surface area contributed by atoms with Crippen molar-refractivity contribution in [3.63, 3.8) is 0 Å². The predicted octanol–water partition coefficient (Wildman–Crippen LogP) is 0.480. The van der Waals surface area contributed by atoms with Crippen LogP contribution in [0.4, 0.5) is 0 Å². The fraction of sp³-hybridized carbons (Fsp3) is 0.900. The van der Waals surface area contributed by atoms with Gasteiger partial charge in [-0.1, -0.05) is 12.1 Å². The molecule has 1 fully saturated rings. The van der Waals surface area contributed by atoms with Crippen LogP contribution in [0.15, 0.2) is 5.16 Å². The van der Waals surface area contributed by atoms with E-state index in [1.165, 1.54) is 0 Å². The number of hydrogen-bond acceptors (Lipinski definition) is 4. The van der Waals surface area contributed by atoms with Crippen LogP contribution in [-0.2, 0) is 4.74 Å². The molecule has 5 nitrogen and oxygen atoms in total. The van der Waals surface area contributed by atoms with Gasteiger partial charge in [-0.2, -0.15) is 0 Å². The summed E-state index contributed by atoms with van der Waals surface area (Å²) in [6, 6.07) is 0. The van der Waals surface area contributed by atoms with Gasteiger partial charge in [0.2, 0.25) is 0 Å². The van der Waals surface area contributed by atoms with Gasteiger partial charge in [-0.15, -0.1) is 0 Å². The Kier molecular flexibility index (Phi) is 4.84. The van der Waals surface area contributed by atoms with E-state index in [4.69, 9.17) is 15.7 Å². The van der Waals surface area contributed by atoms with Crippen molar-refractivity contribution < 1.29 is 9.94 Å². The average molecular weight is 215 g/mol. The van der Waals surface area contributed by atoms with E-state index in [0.717, 1.165) is 26.1 Å². The van der Waals surface area contributed by atoms with Gasteiger partial charge >= 0.3 is 0 Å². The minimum atomic E-state index is 0.294. The second kappa shape index (κ2) is 5.92. The highest BCUT2D eigenvalue weighted by molar-refractivity contribution is 5.79. The molecule has 2 atom stereocenters. The molecule has 0 bridgehead atoms. The highest BCUT2D eigenvalue weighted by atomic mass is 16.5. The third kappa shape index (κ3) is 3.68. The Hall–Kier alpha value is -0.810. The molecule has 0 radical (unpaired) electrons. The summed E-state index contributed by atoms with van der Waals surface area (Å²) in [6.07, 6.45) is 2.07. The number of hydrogen-bond donors (Lipinski definition) is 2. The summed E-state index contributed by atoms with van der Waals surface area (Å²) in [5, 5.41) is 11.4. The number of piperidine rings is 1. The highest BCUT2D eigenvalue weighted by Gasteiger charge is 2.25. The van der Waals surface area contributed by atoms with Gasteiger partial charge in [-0.3, -0.25) is 0 Å².